The molecule has 2 aromatic carbocycles. The van der Waals surface area contributed by atoms with E-state index in [0.717, 1.165) is 5.56 Å². The van der Waals surface area contributed by atoms with Crippen molar-refractivity contribution in [2.24, 2.45) is 0 Å². The first kappa shape index (κ1) is 21.6. The van der Waals surface area contributed by atoms with E-state index in [4.69, 9.17) is 23.2 Å². The Hall–Kier alpha value is -2.12. The summed E-state index contributed by atoms with van der Waals surface area (Å²) in [6.45, 7) is 2.89. The highest BCUT2D eigenvalue weighted by Gasteiger charge is 2.23. The van der Waals surface area contributed by atoms with Gasteiger partial charge in [-0.25, -0.2) is 0 Å². The van der Waals surface area contributed by atoms with E-state index < -0.39 is 12.0 Å². The van der Waals surface area contributed by atoms with Gasteiger partial charge in [0.05, 0.1) is 23.2 Å². The van der Waals surface area contributed by atoms with Gasteiger partial charge in [0.25, 0.3) is 5.91 Å². The standard InChI is InChI=1S/C21H23Cl2N3O3/c22-16-6-7-17(18(23)12-16)21(29)24-13-20(28)26-10-8-25(9-11-26)14-19(27)15-4-2-1-3-5-15/h1-7,12,19,27H,8-11,13-14H2,(H,24,29). The number of aliphatic hydroxyl groups excluding tert-OH is 1. The minimum Gasteiger partial charge on any atom is -0.387 e. The predicted octanol–water partition coefficient (Wildman–Crippen LogP) is 2.60. The van der Waals surface area contributed by atoms with Crippen molar-refractivity contribution in [3.63, 3.8) is 0 Å². The number of piperazine rings is 1. The lowest BCUT2D eigenvalue weighted by atomic mass is 10.1. The molecule has 1 fully saturated rings. The summed E-state index contributed by atoms with van der Waals surface area (Å²) in [5.74, 6) is -0.559. The molecule has 0 radical (unpaired) electrons. The molecule has 29 heavy (non-hydrogen) atoms. The zero-order chi connectivity index (χ0) is 20.8. The van der Waals surface area contributed by atoms with Crippen LogP contribution in [0.3, 0.4) is 0 Å². The zero-order valence-corrected chi connectivity index (χ0v) is 17.4. The van der Waals surface area contributed by atoms with E-state index in [9.17, 15) is 14.7 Å². The number of β-amino-alcohol motifs (C(OH)–C–C–N with tert-alkyl or cyclic N) is 1. The van der Waals surface area contributed by atoms with Gasteiger partial charge in [-0.3, -0.25) is 14.5 Å². The second-order valence-corrected chi connectivity index (χ2v) is 7.76. The molecule has 1 saturated heterocycles. The summed E-state index contributed by atoms with van der Waals surface area (Å²) >= 11 is 11.9. The number of benzene rings is 2. The smallest absolute Gasteiger partial charge is 0.253 e. The Morgan fingerprint density at radius 1 is 1.03 bits per heavy atom. The molecule has 0 aliphatic carbocycles. The molecule has 3 rings (SSSR count). The number of hydrogen-bond donors (Lipinski definition) is 2. The maximum atomic E-state index is 12.4. The van der Waals surface area contributed by atoms with Crippen LogP contribution in [0.2, 0.25) is 10.0 Å². The summed E-state index contributed by atoms with van der Waals surface area (Å²) in [5, 5.41) is 13.6. The quantitative estimate of drug-likeness (QED) is 0.731. The average Bonchev–Trinajstić information content (AvgIpc) is 2.73. The third-order valence-corrected chi connectivity index (χ3v) is 5.46. The fraction of sp³-hybridized carbons (Fsp3) is 0.333. The first-order valence-electron chi connectivity index (χ1n) is 9.40. The first-order chi connectivity index (χ1) is 13.9. The van der Waals surface area contributed by atoms with Crippen molar-refractivity contribution < 1.29 is 14.7 Å². The van der Waals surface area contributed by atoms with Gasteiger partial charge in [0, 0.05) is 37.7 Å². The normalized spacial score (nSPS) is 15.8. The fourth-order valence-electron chi connectivity index (χ4n) is 3.24. The van der Waals surface area contributed by atoms with Gasteiger partial charge in [0.1, 0.15) is 0 Å². The molecule has 1 aliphatic heterocycles. The number of nitrogens with zero attached hydrogens (tertiary/aromatic N) is 2. The minimum absolute atomic E-state index is 0.0928. The van der Waals surface area contributed by atoms with Crippen LogP contribution in [-0.4, -0.2) is 66.0 Å². The molecule has 1 unspecified atom stereocenters. The summed E-state index contributed by atoms with van der Waals surface area (Å²) in [5.41, 5.74) is 1.16. The van der Waals surface area contributed by atoms with Crippen LogP contribution in [0.4, 0.5) is 0 Å². The number of aliphatic hydroxyl groups is 1. The van der Waals surface area contributed by atoms with Crippen LogP contribution in [-0.2, 0) is 4.79 Å². The van der Waals surface area contributed by atoms with Crippen molar-refractivity contribution in [3.8, 4) is 0 Å². The summed E-state index contributed by atoms with van der Waals surface area (Å²) in [6.07, 6.45) is -0.554. The molecule has 154 valence electrons. The van der Waals surface area contributed by atoms with Crippen molar-refractivity contribution in [1.29, 1.82) is 0 Å². The molecule has 1 aliphatic rings. The van der Waals surface area contributed by atoms with Gasteiger partial charge >= 0.3 is 0 Å². The molecule has 2 N–H and O–H groups in total. The van der Waals surface area contributed by atoms with Gasteiger partial charge in [-0.2, -0.15) is 0 Å². The van der Waals surface area contributed by atoms with Crippen LogP contribution in [0.15, 0.2) is 48.5 Å². The molecule has 6 nitrogen and oxygen atoms in total. The molecular weight excluding hydrogens is 413 g/mol. The first-order valence-corrected chi connectivity index (χ1v) is 10.2. The van der Waals surface area contributed by atoms with E-state index in [-0.39, 0.29) is 23.0 Å². The number of halogens is 2. The van der Waals surface area contributed by atoms with E-state index >= 15 is 0 Å². The van der Waals surface area contributed by atoms with Crippen LogP contribution >= 0.6 is 23.2 Å². The van der Waals surface area contributed by atoms with Crippen LogP contribution < -0.4 is 5.32 Å². The summed E-state index contributed by atoms with van der Waals surface area (Å²) < 4.78 is 0. The lowest BCUT2D eigenvalue weighted by Crippen LogP contribution is -2.51. The second kappa shape index (κ2) is 10.1. The third-order valence-electron chi connectivity index (χ3n) is 4.92. The molecular formula is C21H23Cl2N3O3. The Balaban J connectivity index is 1.43. The van der Waals surface area contributed by atoms with Crippen molar-refractivity contribution in [1.82, 2.24) is 15.1 Å². The Labute approximate surface area is 180 Å². The van der Waals surface area contributed by atoms with Crippen LogP contribution in [0.25, 0.3) is 0 Å². The van der Waals surface area contributed by atoms with Crippen molar-refractivity contribution in [2.75, 3.05) is 39.3 Å². The Morgan fingerprint density at radius 3 is 2.38 bits per heavy atom. The van der Waals surface area contributed by atoms with Gasteiger partial charge in [0.15, 0.2) is 0 Å². The number of carbonyl (C=O) groups is 2. The topological polar surface area (TPSA) is 72.9 Å². The largest absolute Gasteiger partial charge is 0.387 e. The summed E-state index contributed by atoms with van der Waals surface area (Å²) in [6, 6.07) is 14.1. The fourth-order valence-corrected chi connectivity index (χ4v) is 3.74. The molecule has 1 heterocycles. The summed E-state index contributed by atoms with van der Waals surface area (Å²) in [7, 11) is 0. The second-order valence-electron chi connectivity index (χ2n) is 6.91. The van der Waals surface area contributed by atoms with E-state index in [1.165, 1.54) is 12.1 Å². The Kier molecular flexibility index (Phi) is 7.50. The SMILES string of the molecule is O=C(NCC(=O)N1CCN(CC(O)c2ccccc2)CC1)c1ccc(Cl)cc1Cl. The molecule has 0 saturated carbocycles. The Bertz CT molecular complexity index is 856. The average molecular weight is 436 g/mol. The summed E-state index contributed by atoms with van der Waals surface area (Å²) in [4.78, 5) is 28.5. The van der Waals surface area contributed by atoms with E-state index in [1.807, 2.05) is 30.3 Å². The third kappa shape index (κ3) is 5.93. The van der Waals surface area contributed by atoms with E-state index in [0.29, 0.717) is 37.7 Å². The number of carbonyl (C=O) groups excluding carboxylic acids is 2. The van der Waals surface area contributed by atoms with Gasteiger partial charge in [-0.05, 0) is 23.8 Å². The van der Waals surface area contributed by atoms with Crippen LogP contribution in [0.5, 0.6) is 0 Å². The van der Waals surface area contributed by atoms with Crippen molar-refractivity contribution in [3.05, 3.63) is 69.7 Å². The highest BCUT2D eigenvalue weighted by molar-refractivity contribution is 6.36. The van der Waals surface area contributed by atoms with Gasteiger partial charge < -0.3 is 15.3 Å². The van der Waals surface area contributed by atoms with E-state index in [2.05, 4.69) is 10.2 Å². The number of hydrogen-bond acceptors (Lipinski definition) is 4. The number of rotatable bonds is 6. The Morgan fingerprint density at radius 2 is 1.72 bits per heavy atom. The molecule has 1 atom stereocenters. The molecule has 0 bridgehead atoms. The molecule has 0 aromatic heterocycles. The molecule has 2 aromatic rings. The van der Waals surface area contributed by atoms with E-state index in [1.54, 1.807) is 11.0 Å². The monoisotopic (exact) mass is 435 g/mol. The molecule has 0 spiro atoms. The zero-order valence-electron chi connectivity index (χ0n) is 15.9. The number of nitrogens with one attached hydrogen (secondary N) is 1. The van der Waals surface area contributed by atoms with Crippen LogP contribution in [0, 0.1) is 0 Å². The van der Waals surface area contributed by atoms with Gasteiger partial charge in [-0.1, -0.05) is 53.5 Å². The number of amides is 2. The molecule has 2 amide bonds. The van der Waals surface area contributed by atoms with Gasteiger partial charge in [-0.15, -0.1) is 0 Å². The minimum atomic E-state index is -0.554. The van der Waals surface area contributed by atoms with Crippen LogP contribution in [0.1, 0.15) is 22.0 Å². The maximum Gasteiger partial charge on any atom is 0.253 e. The highest BCUT2D eigenvalue weighted by Crippen LogP contribution is 2.20. The molecule has 8 heteroatoms. The highest BCUT2D eigenvalue weighted by atomic mass is 35.5. The lowest BCUT2D eigenvalue weighted by molar-refractivity contribution is -0.132. The van der Waals surface area contributed by atoms with Gasteiger partial charge in [0.2, 0.25) is 5.91 Å². The van der Waals surface area contributed by atoms with Crippen molar-refractivity contribution in [2.45, 2.75) is 6.10 Å². The van der Waals surface area contributed by atoms with Crippen molar-refractivity contribution >= 4 is 35.0 Å². The maximum absolute atomic E-state index is 12.4. The lowest BCUT2D eigenvalue weighted by Gasteiger charge is -2.35. The predicted molar refractivity (Wildman–Crippen MR) is 113 cm³/mol.